The molecule has 5 atom stereocenters. The van der Waals surface area contributed by atoms with Crippen LogP contribution in [0.2, 0.25) is 0 Å². The third-order valence-corrected chi connectivity index (χ3v) is 14.5. The molecule has 3 heterocycles. The number of rotatable bonds is 21. The van der Waals surface area contributed by atoms with E-state index in [0.717, 1.165) is 24.0 Å². The van der Waals surface area contributed by atoms with Crippen molar-refractivity contribution < 1.29 is 67.1 Å². The number of alkyl carbamates (subject to hydrolysis) is 1. The fourth-order valence-corrected chi connectivity index (χ4v) is 10.2. The van der Waals surface area contributed by atoms with Crippen LogP contribution in [0.1, 0.15) is 123 Å². The summed E-state index contributed by atoms with van der Waals surface area (Å²) in [5, 5.41) is 18.0. The Morgan fingerprint density at radius 3 is 2.14 bits per heavy atom. The Kier molecular flexibility index (Phi) is 20.1. The lowest BCUT2D eigenvalue weighted by atomic mass is 10.0. The standard InChI is InChI=1S/C61H76N6O14/c1-11-25-77-59(74)64-54(36(2)3)55(70)62-38(5)50(69)28-40-19-21-41(22-20-40)33-80-58(73)63-47-30-51(37(4)26-45(47)56(71)65-23-13-17-44(65)32-68)78-34-42-15-12-16-43(27-42)35-79-53-31-49-46(29-52(53)76-10)57(72)66-24-14-18-48(66)39(6)67(49)60(75)81-61(7,8)9/h11-12,15-16,19-22,26-27,29-31,36,38-39,44,48,54,68H,1,13-14,17-18,23-25,28,32-35H2,2-10H3,(H,62,70)(H,63,73)(H,64,74)/t38-,39-,44-,48-,54-/m0/s1. The van der Waals surface area contributed by atoms with Crippen LogP contribution in [0.25, 0.3) is 0 Å². The van der Waals surface area contributed by atoms with Crippen molar-refractivity contribution in [1.29, 1.82) is 0 Å². The Bertz CT molecular complexity index is 2970. The Labute approximate surface area is 473 Å². The van der Waals surface area contributed by atoms with Crippen LogP contribution in [-0.4, -0.2) is 126 Å². The van der Waals surface area contributed by atoms with E-state index in [0.29, 0.717) is 71.1 Å². The molecule has 6 amide bonds. The summed E-state index contributed by atoms with van der Waals surface area (Å²) in [5.41, 5.74) is 3.70. The minimum Gasteiger partial charge on any atom is -0.493 e. The molecule has 0 unspecified atom stereocenters. The van der Waals surface area contributed by atoms with Crippen molar-refractivity contribution in [3.8, 4) is 17.2 Å². The van der Waals surface area contributed by atoms with E-state index < -0.39 is 41.9 Å². The van der Waals surface area contributed by atoms with Crippen LogP contribution in [0.15, 0.2) is 85.5 Å². The van der Waals surface area contributed by atoms with E-state index in [4.69, 9.17) is 28.4 Å². The molecular formula is C61H76N6O14. The Balaban J connectivity index is 1.01. The second kappa shape index (κ2) is 26.9. The average molecular weight is 1120 g/mol. The van der Waals surface area contributed by atoms with Gasteiger partial charge in [0.05, 0.1) is 60.4 Å². The number of ketones is 1. The monoisotopic (exact) mass is 1120 g/mol. The Morgan fingerprint density at radius 1 is 0.802 bits per heavy atom. The minimum absolute atomic E-state index is 0.000830. The molecule has 0 radical (unpaired) electrons. The Morgan fingerprint density at radius 2 is 1.48 bits per heavy atom. The van der Waals surface area contributed by atoms with Gasteiger partial charge >= 0.3 is 18.3 Å². The first-order valence-electron chi connectivity index (χ1n) is 27.4. The van der Waals surface area contributed by atoms with Gasteiger partial charge < -0.3 is 54.0 Å². The van der Waals surface area contributed by atoms with E-state index in [1.807, 2.05) is 36.1 Å². The summed E-state index contributed by atoms with van der Waals surface area (Å²) in [6, 6.07) is 18.2. The number of fused-ring (bicyclic) bond motifs is 2. The highest BCUT2D eigenvalue weighted by Crippen LogP contribution is 2.42. The maximum Gasteiger partial charge on any atom is 0.415 e. The third kappa shape index (κ3) is 15.2. The maximum atomic E-state index is 14.1. The number of Topliss-reactive ketones (excluding diaryl/α,β-unsaturated/α-hetero) is 1. The highest BCUT2D eigenvalue weighted by molar-refractivity contribution is 6.06. The first-order chi connectivity index (χ1) is 38.6. The van der Waals surface area contributed by atoms with E-state index in [1.54, 1.807) is 107 Å². The number of ether oxygens (including phenoxy) is 6. The van der Waals surface area contributed by atoms with Gasteiger partial charge in [-0.1, -0.05) is 69.0 Å². The summed E-state index contributed by atoms with van der Waals surface area (Å²) in [5.74, 6) is -0.596. The topological polar surface area (TPSA) is 241 Å². The number of aliphatic hydroxyl groups excluding tert-OH is 1. The maximum absolute atomic E-state index is 14.1. The summed E-state index contributed by atoms with van der Waals surface area (Å²) >= 11 is 0. The van der Waals surface area contributed by atoms with Gasteiger partial charge in [0.25, 0.3) is 11.8 Å². The van der Waals surface area contributed by atoms with Gasteiger partial charge in [-0.05, 0) is 119 Å². The van der Waals surface area contributed by atoms with Crippen LogP contribution in [0.3, 0.4) is 0 Å². The number of aliphatic hydroxyl groups is 1. The largest absolute Gasteiger partial charge is 0.493 e. The minimum atomic E-state index is -0.929. The van der Waals surface area contributed by atoms with E-state index in [9.17, 15) is 38.7 Å². The molecule has 4 aromatic carbocycles. The number of hydrogen-bond donors (Lipinski definition) is 4. The molecule has 20 heteroatoms. The summed E-state index contributed by atoms with van der Waals surface area (Å²) in [6.45, 7) is 18.5. The molecule has 0 aromatic heterocycles. The number of carbonyl (C=O) groups is 7. The smallest absolute Gasteiger partial charge is 0.415 e. The van der Waals surface area contributed by atoms with E-state index >= 15 is 0 Å². The number of benzene rings is 4. The molecule has 2 fully saturated rings. The predicted molar refractivity (Wildman–Crippen MR) is 303 cm³/mol. The average Bonchev–Trinajstić information content (AvgIpc) is 3.69. The first kappa shape index (κ1) is 60.5. The van der Waals surface area contributed by atoms with Gasteiger partial charge in [0.15, 0.2) is 17.3 Å². The number of nitrogens with one attached hydrogen (secondary N) is 3. The zero-order valence-electron chi connectivity index (χ0n) is 47.8. The Hall–Kier alpha value is -8.13. The lowest BCUT2D eigenvalue weighted by Gasteiger charge is -2.35. The van der Waals surface area contributed by atoms with Gasteiger partial charge in [0.1, 0.15) is 43.8 Å². The molecule has 0 bridgehead atoms. The molecule has 3 aliphatic heterocycles. The van der Waals surface area contributed by atoms with Crippen LogP contribution < -0.4 is 35.1 Å². The molecule has 0 spiro atoms. The molecular weight excluding hydrogens is 1040 g/mol. The van der Waals surface area contributed by atoms with Gasteiger partial charge in [0, 0.05) is 31.6 Å². The molecule has 81 heavy (non-hydrogen) atoms. The van der Waals surface area contributed by atoms with Crippen molar-refractivity contribution in [3.63, 3.8) is 0 Å². The zero-order chi connectivity index (χ0) is 58.7. The van der Waals surface area contributed by atoms with Gasteiger partial charge in [-0.15, -0.1) is 0 Å². The molecule has 7 rings (SSSR count). The molecule has 20 nitrogen and oxygen atoms in total. The molecule has 0 saturated carbocycles. The zero-order valence-corrected chi connectivity index (χ0v) is 47.8. The molecule has 434 valence electrons. The van der Waals surface area contributed by atoms with Crippen molar-refractivity contribution >= 4 is 53.2 Å². The van der Waals surface area contributed by atoms with Crippen molar-refractivity contribution in [2.24, 2.45) is 5.92 Å². The fraction of sp³-hybridized carbons (Fsp3) is 0.459. The number of carbonyl (C=O) groups excluding carboxylic acids is 7. The number of methoxy groups -OCH3 is 1. The van der Waals surface area contributed by atoms with Gasteiger partial charge in [-0.25, -0.2) is 14.4 Å². The summed E-state index contributed by atoms with van der Waals surface area (Å²) < 4.78 is 35.0. The summed E-state index contributed by atoms with van der Waals surface area (Å²) in [4.78, 5) is 98.9. The SMILES string of the molecule is C=CCOC(=O)N[C@H](C(=O)N[C@@H](C)C(=O)Cc1ccc(COC(=O)Nc2cc(OCc3cccc(COc4cc5c(cc4OC)C(=O)N4CCC[C@H]4[C@H](C)N5C(=O)OC(C)(C)C)c3)c(C)cc2C(=O)N2CCC[C@H]2CO)cc1)C(C)C. The summed E-state index contributed by atoms with van der Waals surface area (Å²) in [6.07, 6.45) is 2.16. The highest BCUT2D eigenvalue weighted by atomic mass is 16.6. The molecule has 2 saturated heterocycles. The molecule has 0 aliphatic carbocycles. The van der Waals surface area contributed by atoms with Crippen LogP contribution in [0.5, 0.6) is 17.2 Å². The molecule has 4 N–H and O–H groups in total. The number of amides is 6. The lowest BCUT2D eigenvalue weighted by Crippen LogP contribution is -2.53. The van der Waals surface area contributed by atoms with Crippen LogP contribution in [0.4, 0.5) is 25.8 Å². The third-order valence-electron chi connectivity index (χ3n) is 14.5. The van der Waals surface area contributed by atoms with Crippen LogP contribution >= 0.6 is 0 Å². The van der Waals surface area contributed by atoms with E-state index in [2.05, 4.69) is 22.5 Å². The van der Waals surface area contributed by atoms with Gasteiger partial charge in [-0.3, -0.25) is 29.4 Å². The number of hydrogen-bond acceptors (Lipinski definition) is 14. The number of nitrogens with zero attached hydrogens (tertiary/aromatic N) is 3. The van der Waals surface area contributed by atoms with E-state index in [1.165, 1.54) is 13.2 Å². The molecule has 3 aliphatic rings. The van der Waals surface area contributed by atoms with Crippen molar-refractivity contribution in [1.82, 2.24) is 20.4 Å². The second-order valence-corrected chi connectivity index (χ2v) is 22.0. The van der Waals surface area contributed by atoms with Crippen molar-refractivity contribution in [2.45, 2.75) is 143 Å². The van der Waals surface area contributed by atoms with Crippen LogP contribution in [0, 0.1) is 12.8 Å². The lowest BCUT2D eigenvalue weighted by molar-refractivity contribution is -0.129. The van der Waals surface area contributed by atoms with Crippen molar-refractivity contribution in [2.75, 3.05) is 43.6 Å². The first-order valence-corrected chi connectivity index (χ1v) is 27.4. The number of aryl methyl sites for hydroxylation is 1. The van der Waals surface area contributed by atoms with Gasteiger partial charge in [-0.2, -0.15) is 0 Å². The normalized spacial score (nSPS) is 17.4. The fourth-order valence-electron chi connectivity index (χ4n) is 10.2. The quantitative estimate of drug-likeness (QED) is 0.0450. The number of anilines is 2. The van der Waals surface area contributed by atoms with Crippen molar-refractivity contribution in [3.05, 3.63) is 124 Å². The van der Waals surface area contributed by atoms with Gasteiger partial charge in [0.2, 0.25) is 5.91 Å². The summed E-state index contributed by atoms with van der Waals surface area (Å²) in [7, 11) is 1.49. The number of likely N-dealkylation sites (tertiary alicyclic amines) is 1. The van der Waals surface area contributed by atoms with E-state index in [-0.39, 0.29) is 92.3 Å². The van der Waals surface area contributed by atoms with Crippen LogP contribution in [-0.2, 0) is 50.0 Å². The highest BCUT2D eigenvalue weighted by Gasteiger charge is 2.45. The second-order valence-electron chi connectivity index (χ2n) is 22.0. The molecule has 4 aromatic rings. The predicted octanol–water partition coefficient (Wildman–Crippen LogP) is 8.81.